The third-order valence-corrected chi connectivity index (χ3v) is 7.64. The maximum Gasteiger partial charge on any atom is 0.194 e. The fourth-order valence-corrected chi connectivity index (χ4v) is 5.90. The first kappa shape index (κ1) is 18.4. The van der Waals surface area contributed by atoms with Crippen molar-refractivity contribution in [3.63, 3.8) is 0 Å². The van der Waals surface area contributed by atoms with Gasteiger partial charge in [-0.15, -0.1) is 10.2 Å². The first-order valence-corrected chi connectivity index (χ1v) is 12.0. The Kier molecular flexibility index (Phi) is 4.53. The summed E-state index contributed by atoms with van der Waals surface area (Å²) in [5.41, 5.74) is 6.22. The van der Waals surface area contributed by atoms with Crippen LogP contribution in [0.3, 0.4) is 0 Å². The Labute approximate surface area is 187 Å². The highest BCUT2D eigenvalue weighted by atomic mass is 79.9. The van der Waals surface area contributed by atoms with E-state index in [9.17, 15) is 0 Å². The molecule has 0 saturated heterocycles. The van der Waals surface area contributed by atoms with Gasteiger partial charge >= 0.3 is 0 Å². The summed E-state index contributed by atoms with van der Waals surface area (Å²) in [4.78, 5) is 7.49. The first-order chi connectivity index (χ1) is 14.8. The third-order valence-electron chi connectivity index (χ3n) is 5.95. The lowest BCUT2D eigenvalue weighted by Gasteiger charge is -2.34. The molecule has 0 N–H and O–H groups in total. The molecule has 150 valence electrons. The quantitative estimate of drug-likeness (QED) is 0.372. The number of rotatable bonds is 2. The molecule has 0 radical (unpaired) electrons. The van der Waals surface area contributed by atoms with E-state index in [0.717, 1.165) is 51.9 Å². The van der Waals surface area contributed by atoms with E-state index < -0.39 is 0 Å². The summed E-state index contributed by atoms with van der Waals surface area (Å²) in [5.74, 6) is 1.77. The number of halogens is 1. The second kappa shape index (κ2) is 7.39. The number of hydrogen-bond acceptors (Lipinski definition) is 5. The van der Waals surface area contributed by atoms with Crippen LogP contribution in [0.15, 0.2) is 58.2 Å². The molecule has 1 aliphatic heterocycles. The van der Waals surface area contributed by atoms with E-state index in [-0.39, 0.29) is 0 Å². The standard InChI is InChI=1S/C23H20BrN5S/c24-18-10-4-1-7-15(18)22-26-27-23-29(22)13-28(14-30-23)21-16-8-2-5-11-19(16)25-20-12-6-3-9-17(20)21/h1-2,4-5,7-8,10-11H,3,6,9,12-14H2. The van der Waals surface area contributed by atoms with E-state index in [1.165, 1.54) is 35.2 Å². The molecule has 0 atom stereocenters. The second-order valence-corrected chi connectivity index (χ2v) is 9.55. The van der Waals surface area contributed by atoms with Crippen LogP contribution in [-0.4, -0.2) is 25.6 Å². The molecule has 0 amide bonds. The number of fused-ring (bicyclic) bond motifs is 3. The molecular weight excluding hydrogens is 458 g/mol. The minimum Gasteiger partial charge on any atom is -0.343 e. The predicted molar refractivity (Wildman–Crippen MR) is 125 cm³/mol. The minimum atomic E-state index is 0.743. The Hall–Kier alpha value is -2.38. The minimum absolute atomic E-state index is 0.743. The molecule has 4 aromatic rings. The lowest BCUT2D eigenvalue weighted by molar-refractivity contribution is 0.601. The van der Waals surface area contributed by atoms with Crippen molar-refractivity contribution in [1.82, 2.24) is 19.7 Å². The number of pyridine rings is 1. The summed E-state index contributed by atoms with van der Waals surface area (Å²) in [5, 5.41) is 11.2. The van der Waals surface area contributed by atoms with Gasteiger partial charge in [0.1, 0.15) is 0 Å². The monoisotopic (exact) mass is 477 g/mol. The number of hydrogen-bond donors (Lipinski definition) is 0. The molecule has 0 saturated carbocycles. The van der Waals surface area contributed by atoms with Crippen LogP contribution in [0.2, 0.25) is 0 Å². The van der Waals surface area contributed by atoms with E-state index in [4.69, 9.17) is 4.98 Å². The fourth-order valence-electron chi connectivity index (χ4n) is 4.56. The zero-order chi connectivity index (χ0) is 20.1. The zero-order valence-corrected chi connectivity index (χ0v) is 18.8. The van der Waals surface area contributed by atoms with E-state index in [1.807, 2.05) is 12.1 Å². The Bertz CT molecular complexity index is 1270. The second-order valence-electron chi connectivity index (χ2n) is 7.78. The molecule has 6 rings (SSSR count). The normalized spacial score (nSPS) is 15.8. The molecule has 2 aliphatic rings. The van der Waals surface area contributed by atoms with Crippen LogP contribution in [0.1, 0.15) is 24.1 Å². The molecule has 3 heterocycles. The number of benzene rings is 2. The molecule has 5 nitrogen and oxygen atoms in total. The SMILES string of the molecule is Brc1ccccc1-c1nnc2n1CN(c1c3c(nc4ccccc14)CCCC3)CS2. The molecule has 0 fully saturated rings. The number of thioether (sulfide) groups is 1. The summed E-state index contributed by atoms with van der Waals surface area (Å²) >= 11 is 5.43. The van der Waals surface area contributed by atoms with Crippen molar-refractivity contribution in [2.45, 2.75) is 37.5 Å². The number of aromatic nitrogens is 4. The van der Waals surface area contributed by atoms with Crippen molar-refractivity contribution in [3.8, 4) is 11.4 Å². The van der Waals surface area contributed by atoms with Gasteiger partial charge in [-0.2, -0.15) is 0 Å². The van der Waals surface area contributed by atoms with Crippen molar-refractivity contribution in [1.29, 1.82) is 0 Å². The third kappa shape index (κ3) is 2.94. The van der Waals surface area contributed by atoms with Gasteiger partial charge in [0.15, 0.2) is 11.0 Å². The van der Waals surface area contributed by atoms with Crippen LogP contribution >= 0.6 is 27.7 Å². The van der Waals surface area contributed by atoms with Crippen molar-refractivity contribution >= 4 is 44.3 Å². The van der Waals surface area contributed by atoms with E-state index >= 15 is 0 Å². The molecule has 30 heavy (non-hydrogen) atoms. The Morgan fingerprint density at radius 3 is 2.70 bits per heavy atom. The topological polar surface area (TPSA) is 46.8 Å². The van der Waals surface area contributed by atoms with Crippen molar-refractivity contribution in [2.24, 2.45) is 0 Å². The van der Waals surface area contributed by atoms with Gasteiger partial charge in [0.2, 0.25) is 0 Å². The molecule has 7 heteroatoms. The maximum atomic E-state index is 5.01. The summed E-state index contributed by atoms with van der Waals surface area (Å²) in [6.45, 7) is 0.743. The van der Waals surface area contributed by atoms with Gasteiger partial charge in [0.25, 0.3) is 0 Å². The smallest absolute Gasteiger partial charge is 0.194 e. The van der Waals surface area contributed by atoms with Gasteiger partial charge in [-0.1, -0.05) is 64.1 Å². The highest BCUT2D eigenvalue weighted by Crippen LogP contribution is 2.40. The van der Waals surface area contributed by atoms with Gasteiger partial charge < -0.3 is 4.90 Å². The largest absolute Gasteiger partial charge is 0.343 e. The first-order valence-electron chi connectivity index (χ1n) is 10.3. The van der Waals surface area contributed by atoms with Crippen LogP contribution < -0.4 is 4.90 Å². The summed E-state index contributed by atoms with van der Waals surface area (Å²) in [6.07, 6.45) is 4.65. The average molecular weight is 478 g/mol. The Morgan fingerprint density at radius 2 is 1.77 bits per heavy atom. The van der Waals surface area contributed by atoms with E-state index in [0.29, 0.717) is 0 Å². The lowest BCUT2D eigenvalue weighted by atomic mass is 9.92. The fraction of sp³-hybridized carbons (Fsp3) is 0.261. The Morgan fingerprint density at radius 1 is 0.933 bits per heavy atom. The van der Waals surface area contributed by atoms with Gasteiger partial charge in [0.05, 0.1) is 23.7 Å². The zero-order valence-electron chi connectivity index (χ0n) is 16.4. The maximum absolute atomic E-state index is 5.01. The van der Waals surface area contributed by atoms with Crippen LogP contribution in [0.25, 0.3) is 22.3 Å². The van der Waals surface area contributed by atoms with Crippen LogP contribution in [0.5, 0.6) is 0 Å². The lowest BCUT2D eigenvalue weighted by Crippen LogP contribution is -2.32. The molecule has 0 spiro atoms. The molecule has 2 aromatic carbocycles. The number of nitrogens with zero attached hydrogens (tertiary/aromatic N) is 5. The molecule has 0 unspecified atom stereocenters. The molecule has 2 aromatic heterocycles. The number of anilines is 1. The highest BCUT2D eigenvalue weighted by Gasteiger charge is 2.28. The van der Waals surface area contributed by atoms with Crippen LogP contribution in [0.4, 0.5) is 5.69 Å². The Balaban J connectivity index is 1.49. The average Bonchev–Trinajstić information content (AvgIpc) is 3.21. The van der Waals surface area contributed by atoms with E-state index in [1.54, 1.807) is 11.8 Å². The molecule has 1 aliphatic carbocycles. The van der Waals surface area contributed by atoms with Crippen molar-refractivity contribution < 1.29 is 0 Å². The van der Waals surface area contributed by atoms with Gasteiger partial charge in [0, 0.05) is 21.1 Å². The van der Waals surface area contributed by atoms with Crippen LogP contribution in [-0.2, 0) is 19.5 Å². The van der Waals surface area contributed by atoms with Crippen LogP contribution in [0, 0.1) is 0 Å². The molecule has 0 bridgehead atoms. The highest BCUT2D eigenvalue weighted by molar-refractivity contribution is 9.10. The van der Waals surface area contributed by atoms with Crippen molar-refractivity contribution in [2.75, 3.05) is 10.8 Å². The summed E-state index contributed by atoms with van der Waals surface area (Å²) in [7, 11) is 0. The number of aryl methyl sites for hydroxylation is 1. The van der Waals surface area contributed by atoms with E-state index in [2.05, 4.69) is 72.0 Å². The molecular formula is C23H20BrN5S. The van der Waals surface area contributed by atoms with Gasteiger partial charge in [-0.3, -0.25) is 9.55 Å². The predicted octanol–water partition coefficient (Wildman–Crippen LogP) is 5.66. The number of para-hydroxylation sites is 1. The van der Waals surface area contributed by atoms with Gasteiger partial charge in [-0.25, -0.2) is 0 Å². The summed E-state index contributed by atoms with van der Waals surface area (Å²) < 4.78 is 3.27. The summed E-state index contributed by atoms with van der Waals surface area (Å²) in [6, 6.07) is 16.8. The van der Waals surface area contributed by atoms with Gasteiger partial charge in [-0.05, 0) is 43.4 Å². The van der Waals surface area contributed by atoms with Crippen molar-refractivity contribution in [3.05, 3.63) is 64.3 Å².